The van der Waals surface area contributed by atoms with Gasteiger partial charge in [0.05, 0.1) is 10.7 Å². The summed E-state index contributed by atoms with van der Waals surface area (Å²) in [7, 11) is 0. The van der Waals surface area contributed by atoms with Crippen LogP contribution in [0.3, 0.4) is 0 Å². The highest BCUT2D eigenvalue weighted by Gasteiger charge is 2.35. The molecule has 120 valence electrons. The molecule has 1 aliphatic heterocycles. The Balaban J connectivity index is 2.21. The molecule has 2 rings (SSSR count). The van der Waals surface area contributed by atoms with Crippen LogP contribution in [0.1, 0.15) is 19.4 Å². The van der Waals surface area contributed by atoms with E-state index in [1.807, 2.05) is 13.8 Å². The fraction of sp³-hybridized carbons (Fsp3) is 0.467. The average molecular weight is 344 g/mol. The number of carbonyl (C=O) groups is 2. The van der Waals surface area contributed by atoms with E-state index in [0.717, 1.165) is 0 Å². The van der Waals surface area contributed by atoms with Crippen LogP contribution in [0.4, 0.5) is 10.5 Å². The molecular formula is C15H19Cl2N3O2. The summed E-state index contributed by atoms with van der Waals surface area (Å²) in [5.74, 6) is -0.108. The van der Waals surface area contributed by atoms with Crippen LogP contribution in [0.25, 0.3) is 0 Å². The monoisotopic (exact) mass is 343 g/mol. The summed E-state index contributed by atoms with van der Waals surface area (Å²) in [4.78, 5) is 26.1. The van der Waals surface area contributed by atoms with Crippen LogP contribution >= 0.6 is 23.2 Å². The van der Waals surface area contributed by atoms with Crippen molar-refractivity contribution in [3.8, 4) is 0 Å². The van der Waals surface area contributed by atoms with E-state index in [1.54, 1.807) is 24.0 Å². The van der Waals surface area contributed by atoms with Gasteiger partial charge in [0.2, 0.25) is 5.91 Å². The van der Waals surface area contributed by atoms with Gasteiger partial charge in [-0.15, -0.1) is 0 Å². The number of nitrogens with one attached hydrogen (secondary N) is 2. The molecule has 7 heteroatoms. The second-order valence-corrected chi connectivity index (χ2v) is 6.42. The number of carbonyl (C=O) groups excluding carboxylic acids is 2. The molecule has 1 aromatic rings. The maximum Gasteiger partial charge on any atom is 0.322 e. The molecule has 0 unspecified atom stereocenters. The summed E-state index contributed by atoms with van der Waals surface area (Å²) >= 11 is 12.2. The number of benzene rings is 1. The van der Waals surface area contributed by atoms with Gasteiger partial charge >= 0.3 is 6.03 Å². The van der Waals surface area contributed by atoms with E-state index in [-0.39, 0.29) is 17.9 Å². The van der Waals surface area contributed by atoms with Crippen molar-refractivity contribution in [2.24, 2.45) is 5.92 Å². The van der Waals surface area contributed by atoms with Crippen molar-refractivity contribution >= 4 is 40.8 Å². The lowest BCUT2D eigenvalue weighted by atomic mass is 10.00. The Labute approximate surface area is 139 Å². The van der Waals surface area contributed by atoms with Crippen LogP contribution in [0, 0.1) is 12.8 Å². The lowest BCUT2D eigenvalue weighted by Crippen LogP contribution is -2.60. The molecule has 3 amide bonds. The van der Waals surface area contributed by atoms with E-state index in [9.17, 15) is 9.59 Å². The first kappa shape index (κ1) is 16.9. The van der Waals surface area contributed by atoms with Crippen LogP contribution < -0.4 is 10.6 Å². The average Bonchev–Trinajstić information content (AvgIpc) is 2.47. The van der Waals surface area contributed by atoms with E-state index < -0.39 is 6.04 Å². The minimum absolute atomic E-state index is 0.0217. The van der Waals surface area contributed by atoms with Crippen LogP contribution in [0.15, 0.2) is 12.1 Å². The molecule has 1 heterocycles. The van der Waals surface area contributed by atoms with Gasteiger partial charge in [0, 0.05) is 18.1 Å². The maximum atomic E-state index is 12.5. The molecule has 1 fully saturated rings. The Hall–Kier alpha value is -1.46. The first-order chi connectivity index (χ1) is 10.3. The van der Waals surface area contributed by atoms with Gasteiger partial charge in [0.1, 0.15) is 6.04 Å². The Kier molecular flexibility index (Phi) is 5.19. The number of piperazine rings is 1. The highest BCUT2D eigenvalue weighted by molar-refractivity contribution is 6.38. The molecule has 0 spiro atoms. The van der Waals surface area contributed by atoms with Gasteiger partial charge < -0.3 is 15.5 Å². The largest absolute Gasteiger partial charge is 0.353 e. The summed E-state index contributed by atoms with van der Waals surface area (Å²) < 4.78 is 0. The van der Waals surface area contributed by atoms with Crippen molar-refractivity contribution in [2.45, 2.75) is 26.8 Å². The van der Waals surface area contributed by atoms with E-state index >= 15 is 0 Å². The van der Waals surface area contributed by atoms with Gasteiger partial charge in [0.15, 0.2) is 0 Å². The zero-order valence-electron chi connectivity index (χ0n) is 12.7. The summed E-state index contributed by atoms with van der Waals surface area (Å²) in [5, 5.41) is 6.50. The van der Waals surface area contributed by atoms with Gasteiger partial charge in [-0.1, -0.05) is 37.0 Å². The number of halogens is 2. The van der Waals surface area contributed by atoms with Crippen LogP contribution in [0.2, 0.25) is 10.0 Å². The number of amides is 3. The molecule has 1 atom stereocenters. The number of urea groups is 1. The molecule has 0 radical (unpaired) electrons. The SMILES string of the molecule is Cc1c(Cl)ccc(NC(=O)N2CCNC(=O)[C@@H]2C(C)C)c1Cl. The number of nitrogens with zero attached hydrogens (tertiary/aromatic N) is 1. The van der Waals surface area contributed by atoms with E-state index in [2.05, 4.69) is 10.6 Å². The molecule has 5 nitrogen and oxygen atoms in total. The van der Waals surface area contributed by atoms with Crippen molar-refractivity contribution in [1.29, 1.82) is 0 Å². The quantitative estimate of drug-likeness (QED) is 0.865. The summed E-state index contributed by atoms with van der Waals surface area (Å²) in [5.41, 5.74) is 1.19. The zero-order chi connectivity index (χ0) is 16.4. The maximum absolute atomic E-state index is 12.5. The standard InChI is InChI=1S/C15H19Cl2N3O2/c1-8(2)13-14(21)18-6-7-20(13)15(22)19-11-5-4-10(16)9(3)12(11)17/h4-5,8,13H,6-7H2,1-3H3,(H,18,21)(H,19,22)/t13-/m0/s1. The number of hydrogen-bond donors (Lipinski definition) is 2. The van der Waals surface area contributed by atoms with Crippen LogP contribution in [-0.4, -0.2) is 36.0 Å². The van der Waals surface area contributed by atoms with Crippen molar-refractivity contribution in [1.82, 2.24) is 10.2 Å². The number of hydrogen-bond acceptors (Lipinski definition) is 2. The van der Waals surface area contributed by atoms with Gasteiger partial charge in [0.25, 0.3) is 0 Å². The van der Waals surface area contributed by atoms with Crippen molar-refractivity contribution < 1.29 is 9.59 Å². The number of anilines is 1. The molecule has 1 aromatic carbocycles. The normalized spacial score (nSPS) is 18.4. The molecule has 2 N–H and O–H groups in total. The minimum atomic E-state index is -0.485. The van der Waals surface area contributed by atoms with Gasteiger partial charge in [-0.2, -0.15) is 0 Å². The van der Waals surface area contributed by atoms with Crippen LogP contribution in [-0.2, 0) is 4.79 Å². The Bertz CT molecular complexity index is 605. The third-order valence-electron chi connectivity index (χ3n) is 3.71. The molecule has 0 saturated carbocycles. The molecule has 0 aromatic heterocycles. The lowest BCUT2D eigenvalue weighted by molar-refractivity contribution is -0.129. The second-order valence-electron chi connectivity index (χ2n) is 5.64. The van der Waals surface area contributed by atoms with Gasteiger partial charge in [-0.05, 0) is 30.5 Å². The first-order valence-corrected chi connectivity index (χ1v) is 7.88. The Morgan fingerprint density at radius 1 is 1.41 bits per heavy atom. The summed E-state index contributed by atoms with van der Waals surface area (Å²) in [6, 6.07) is 2.52. The zero-order valence-corrected chi connectivity index (χ0v) is 14.3. The lowest BCUT2D eigenvalue weighted by Gasteiger charge is -2.37. The van der Waals surface area contributed by atoms with Crippen molar-refractivity contribution in [3.05, 3.63) is 27.7 Å². The van der Waals surface area contributed by atoms with Gasteiger partial charge in [-0.3, -0.25) is 4.79 Å². The molecule has 22 heavy (non-hydrogen) atoms. The Morgan fingerprint density at radius 3 is 2.73 bits per heavy atom. The fourth-order valence-electron chi connectivity index (χ4n) is 2.52. The van der Waals surface area contributed by atoms with E-state index in [0.29, 0.717) is 34.4 Å². The molecule has 1 aliphatic rings. The highest BCUT2D eigenvalue weighted by atomic mass is 35.5. The van der Waals surface area contributed by atoms with Gasteiger partial charge in [-0.25, -0.2) is 4.79 Å². The minimum Gasteiger partial charge on any atom is -0.353 e. The predicted molar refractivity (Wildman–Crippen MR) is 88.6 cm³/mol. The van der Waals surface area contributed by atoms with E-state index in [4.69, 9.17) is 23.2 Å². The van der Waals surface area contributed by atoms with Crippen molar-refractivity contribution in [3.63, 3.8) is 0 Å². The van der Waals surface area contributed by atoms with E-state index in [1.165, 1.54) is 0 Å². The highest BCUT2D eigenvalue weighted by Crippen LogP contribution is 2.31. The predicted octanol–water partition coefficient (Wildman–Crippen LogP) is 3.29. The molecular weight excluding hydrogens is 325 g/mol. The third kappa shape index (κ3) is 3.31. The second kappa shape index (κ2) is 6.75. The number of rotatable bonds is 2. The smallest absolute Gasteiger partial charge is 0.322 e. The first-order valence-electron chi connectivity index (χ1n) is 7.13. The molecule has 0 aliphatic carbocycles. The summed E-state index contributed by atoms with van der Waals surface area (Å²) in [6.07, 6.45) is 0. The molecule has 0 bridgehead atoms. The fourth-order valence-corrected chi connectivity index (χ4v) is 2.94. The third-order valence-corrected chi connectivity index (χ3v) is 4.61. The topological polar surface area (TPSA) is 61.4 Å². The van der Waals surface area contributed by atoms with Crippen molar-refractivity contribution in [2.75, 3.05) is 18.4 Å². The Morgan fingerprint density at radius 2 is 2.09 bits per heavy atom. The molecule has 1 saturated heterocycles. The van der Waals surface area contributed by atoms with Crippen LogP contribution in [0.5, 0.6) is 0 Å². The summed E-state index contributed by atoms with van der Waals surface area (Å²) in [6.45, 7) is 6.52.